The summed E-state index contributed by atoms with van der Waals surface area (Å²) in [6, 6.07) is 12.0. The summed E-state index contributed by atoms with van der Waals surface area (Å²) in [5.41, 5.74) is 0. The molecule has 1 rings (SSSR count). The summed E-state index contributed by atoms with van der Waals surface area (Å²) >= 11 is -0.1000. The molecule has 0 aliphatic carbocycles. The van der Waals surface area contributed by atoms with E-state index in [4.69, 9.17) is 2.85 Å². The van der Waals surface area contributed by atoms with Gasteiger partial charge in [0.25, 0.3) is 0 Å². The standard InChI is InChI=1S/C6H6.In.O.Sn.3H/c1-2-4-6-5-3-1;;;;;;/h1-6H;;;;;;. The molecule has 0 saturated carbocycles. The number of hydrogen-bond acceptors (Lipinski definition) is 1. The van der Waals surface area contributed by atoms with Gasteiger partial charge < -0.3 is 0 Å². The summed E-state index contributed by atoms with van der Waals surface area (Å²) in [5.74, 6) is 0. The molecule has 0 saturated heterocycles. The van der Waals surface area contributed by atoms with Gasteiger partial charge in [0, 0.05) is 0 Å². The molecule has 0 bridgehead atoms. The Morgan fingerprint density at radius 3 is 0.889 bits per heavy atom. The van der Waals surface area contributed by atoms with E-state index < -0.39 is 0 Å². The third-order valence-corrected chi connectivity index (χ3v) is 0.667. The molecule has 2 radical (unpaired) electrons. The van der Waals surface area contributed by atoms with Gasteiger partial charge >= 0.3 is 51.1 Å². The van der Waals surface area contributed by atoms with Gasteiger partial charge in [-0.25, -0.2) is 0 Å². The van der Waals surface area contributed by atoms with Crippen LogP contribution in [-0.4, -0.2) is 48.3 Å². The second-order valence-corrected chi connectivity index (χ2v) is 1.15. The van der Waals surface area contributed by atoms with Gasteiger partial charge in [-0.15, -0.1) is 0 Å². The van der Waals surface area contributed by atoms with Crippen molar-refractivity contribution < 1.29 is 2.85 Å². The van der Waals surface area contributed by atoms with E-state index in [2.05, 4.69) is 0 Å². The third kappa shape index (κ3) is 8.69. The molecule has 0 heterocycles. The first-order chi connectivity index (χ1) is 4.00. The van der Waals surface area contributed by atoms with Crippen molar-refractivity contribution in [2.75, 3.05) is 0 Å². The number of hydrogen-bond donors (Lipinski definition) is 0. The van der Waals surface area contributed by atoms with Crippen LogP contribution in [0.25, 0.3) is 0 Å². The predicted molar refractivity (Wildman–Crippen MR) is 42.8 cm³/mol. The van der Waals surface area contributed by atoms with E-state index in [0.29, 0.717) is 0 Å². The summed E-state index contributed by atoms with van der Waals surface area (Å²) < 4.78 is 8.42. The average Bonchev–Trinajstić information content (AvgIpc) is 1.96. The molecule has 9 heavy (non-hydrogen) atoms. The molecule has 3 heteroatoms. The van der Waals surface area contributed by atoms with Crippen molar-refractivity contribution in [3.63, 3.8) is 0 Å². The number of rotatable bonds is 0. The Morgan fingerprint density at radius 1 is 0.667 bits per heavy atom. The van der Waals surface area contributed by atoms with Gasteiger partial charge in [-0.3, -0.25) is 0 Å². The van der Waals surface area contributed by atoms with Gasteiger partial charge in [0.05, 0.1) is 0 Å². The summed E-state index contributed by atoms with van der Waals surface area (Å²) in [7, 11) is 0. The maximum absolute atomic E-state index is 8.42. The van der Waals surface area contributed by atoms with E-state index in [1.807, 2.05) is 36.4 Å². The van der Waals surface area contributed by atoms with Crippen LogP contribution >= 0.6 is 0 Å². The Bertz CT molecular complexity index is 95.9. The Morgan fingerprint density at radius 2 is 0.778 bits per heavy atom. The summed E-state index contributed by atoms with van der Waals surface area (Å²) in [6.45, 7) is 0. The van der Waals surface area contributed by atoms with Gasteiger partial charge in [-0.05, 0) is 0 Å². The van der Waals surface area contributed by atoms with Gasteiger partial charge in [-0.2, -0.15) is 0 Å². The molecule has 0 unspecified atom stereocenters. The van der Waals surface area contributed by atoms with Crippen LogP contribution in [0.1, 0.15) is 0 Å². The van der Waals surface area contributed by atoms with Gasteiger partial charge in [0.2, 0.25) is 0 Å². The first-order valence-corrected chi connectivity index (χ1v) is 3.94. The van der Waals surface area contributed by atoms with Crippen molar-refractivity contribution in [3.8, 4) is 0 Å². The Labute approximate surface area is 86.8 Å². The second-order valence-electron chi connectivity index (χ2n) is 1.15. The Balaban J connectivity index is 0. The van der Waals surface area contributed by atoms with E-state index in [0.717, 1.165) is 0 Å². The van der Waals surface area contributed by atoms with Crippen LogP contribution in [0, 0.1) is 0 Å². The minimum Gasteiger partial charge on any atom is -0.0623 e. The van der Waals surface area contributed by atoms with E-state index in [1.165, 1.54) is 0 Å². The fourth-order valence-corrected chi connectivity index (χ4v) is 0.385. The van der Waals surface area contributed by atoms with Crippen molar-refractivity contribution in [2.24, 2.45) is 0 Å². The van der Waals surface area contributed by atoms with Gasteiger partial charge in [0.1, 0.15) is 0 Å². The quantitative estimate of drug-likeness (QED) is 0.612. The summed E-state index contributed by atoms with van der Waals surface area (Å²) in [5, 5.41) is 0. The molecule has 0 N–H and O–H groups in total. The van der Waals surface area contributed by atoms with Crippen molar-refractivity contribution in [3.05, 3.63) is 36.4 Å². The van der Waals surface area contributed by atoms with Crippen LogP contribution in [0.15, 0.2) is 36.4 Å². The van der Waals surface area contributed by atoms with E-state index >= 15 is 0 Å². The minimum atomic E-state index is -0.1000. The monoisotopic (exact) mass is 332 g/mol. The van der Waals surface area contributed by atoms with Crippen LogP contribution < -0.4 is 0 Å². The fraction of sp³-hybridized carbons (Fsp3) is 0. The Kier molecular flexibility index (Phi) is 15.8. The van der Waals surface area contributed by atoms with Gasteiger partial charge in [0.15, 0.2) is 0 Å². The molecule has 0 aliphatic rings. The molecule has 1 nitrogen and oxygen atoms in total. The first-order valence-electron chi connectivity index (χ1n) is 2.29. The van der Waals surface area contributed by atoms with E-state index in [1.54, 1.807) is 0 Å². The maximum atomic E-state index is 8.42. The van der Waals surface area contributed by atoms with Crippen molar-refractivity contribution >= 4 is 48.3 Å². The van der Waals surface area contributed by atoms with Crippen molar-refractivity contribution in [2.45, 2.75) is 0 Å². The normalized spacial score (nSPS) is 5.67. The van der Waals surface area contributed by atoms with Crippen LogP contribution in [0.2, 0.25) is 0 Å². The molecule has 0 amide bonds. The van der Waals surface area contributed by atoms with Crippen molar-refractivity contribution in [1.29, 1.82) is 0 Å². The molecule has 0 aromatic heterocycles. The molecule has 0 fully saturated rings. The molecule has 1 aromatic carbocycles. The molecular formula is C6H9InOSn. The zero-order valence-electron chi connectivity index (χ0n) is 5.29. The van der Waals surface area contributed by atoms with Gasteiger partial charge in [-0.1, -0.05) is 36.4 Å². The fourth-order valence-electron chi connectivity index (χ4n) is 0.385. The van der Waals surface area contributed by atoms with Crippen molar-refractivity contribution in [1.82, 2.24) is 0 Å². The molecule has 46 valence electrons. The van der Waals surface area contributed by atoms with E-state index in [-0.39, 0.29) is 48.3 Å². The second kappa shape index (κ2) is 11.5. The smallest absolute Gasteiger partial charge is 0.0623 e. The van der Waals surface area contributed by atoms with Crippen LogP contribution in [0.3, 0.4) is 0 Å². The topological polar surface area (TPSA) is 17.1 Å². The third-order valence-electron chi connectivity index (χ3n) is 0.667. The minimum absolute atomic E-state index is 0. The van der Waals surface area contributed by atoms with Crippen LogP contribution in [0.5, 0.6) is 0 Å². The molecule has 1 aromatic rings. The zero-order valence-corrected chi connectivity index (χ0v) is 13.4. The predicted octanol–water partition coefficient (Wildman–Crippen LogP) is 0.00310. The Hall–Kier alpha value is 0.689. The largest absolute Gasteiger partial charge is 0.0623 e. The summed E-state index contributed by atoms with van der Waals surface area (Å²) in [4.78, 5) is 0. The molecule has 0 aliphatic heterocycles. The summed E-state index contributed by atoms with van der Waals surface area (Å²) in [6.07, 6.45) is 0. The number of benzene rings is 1. The van der Waals surface area contributed by atoms with Crippen LogP contribution in [0.4, 0.5) is 0 Å². The molecule has 0 spiro atoms. The zero-order chi connectivity index (χ0) is 6.24. The average molecular weight is 331 g/mol. The van der Waals surface area contributed by atoms with Crippen LogP contribution in [-0.2, 0) is 2.85 Å². The molecular weight excluding hydrogens is 322 g/mol. The van der Waals surface area contributed by atoms with E-state index in [9.17, 15) is 0 Å². The molecule has 0 atom stereocenters. The first kappa shape index (κ1) is 12.4. The SMILES string of the molecule is [O]=[InH].[SnH2].c1ccccc1. The maximum Gasteiger partial charge on any atom is -0.0623 e.